The Morgan fingerprint density at radius 1 is 1.07 bits per heavy atom. The molecule has 2 aromatic carbocycles. The minimum atomic E-state index is -0.295. The van der Waals surface area contributed by atoms with Crippen molar-refractivity contribution in [2.24, 2.45) is 0 Å². The highest BCUT2D eigenvalue weighted by molar-refractivity contribution is 9.10. The normalized spacial score (nSPS) is 13.0. The summed E-state index contributed by atoms with van der Waals surface area (Å²) in [6.45, 7) is 0.778. The molecule has 0 radical (unpaired) electrons. The summed E-state index contributed by atoms with van der Waals surface area (Å²) in [5.74, 6) is -0.591. The van der Waals surface area contributed by atoms with Crippen LogP contribution >= 0.6 is 27.7 Å². The Labute approximate surface area is 177 Å². The zero-order valence-corrected chi connectivity index (χ0v) is 18.2. The van der Waals surface area contributed by atoms with Gasteiger partial charge in [-0.1, -0.05) is 28.1 Å². The Morgan fingerprint density at radius 2 is 1.75 bits per heavy atom. The first-order valence-corrected chi connectivity index (χ1v) is 10.9. The van der Waals surface area contributed by atoms with Crippen molar-refractivity contribution in [2.75, 3.05) is 19.8 Å². The fraction of sp³-hybridized carbons (Fsp3) is 0.286. The maximum absolute atomic E-state index is 12.4. The van der Waals surface area contributed by atoms with Gasteiger partial charge < -0.3 is 4.90 Å². The van der Waals surface area contributed by atoms with Crippen molar-refractivity contribution >= 4 is 45.4 Å². The van der Waals surface area contributed by atoms with Gasteiger partial charge in [-0.15, -0.1) is 11.8 Å². The van der Waals surface area contributed by atoms with Gasteiger partial charge in [-0.05, 0) is 48.6 Å². The fourth-order valence-corrected chi connectivity index (χ4v) is 3.91. The lowest BCUT2D eigenvalue weighted by Gasteiger charge is -2.19. The molecule has 0 saturated heterocycles. The van der Waals surface area contributed by atoms with Crippen molar-refractivity contribution in [1.82, 2.24) is 9.80 Å². The van der Waals surface area contributed by atoms with Crippen LogP contribution in [0.15, 0.2) is 51.8 Å². The van der Waals surface area contributed by atoms with Crippen molar-refractivity contribution < 1.29 is 14.4 Å². The molecule has 0 fully saturated rings. The first-order chi connectivity index (χ1) is 13.4. The van der Waals surface area contributed by atoms with Crippen molar-refractivity contribution in [3.63, 3.8) is 0 Å². The van der Waals surface area contributed by atoms with Crippen LogP contribution in [-0.4, -0.2) is 47.4 Å². The van der Waals surface area contributed by atoms with Crippen LogP contribution in [0, 0.1) is 0 Å². The molecule has 2 aromatic rings. The Hall–Kier alpha value is -2.12. The van der Waals surface area contributed by atoms with Gasteiger partial charge >= 0.3 is 0 Å². The van der Waals surface area contributed by atoms with Crippen LogP contribution in [0.1, 0.15) is 39.1 Å². The zero-order chi connectivity index (χ0) is 20.3. The molecule has 0 aromatic heterocycles. The number of benzene rings is 2. The monoisotopic (exact) mass is 460 g/mol. The summed E-state index contributed by atoms with van der Waals surface area (Å²) in [5, 5.41) is 0. The average molecular weight is 461 g/mol. The van der Waals surface area contributed by atoms with E-state index in [-0.39, 0.29) is 30.7 Å². The molecule has 0 saturated carbocycles. The largest absolute Gasteiger partial charge is 0.341 e. The number of imide groups is 1. The molecular formula is C21H21BrN2O3S. The predicted octanol–water partition coefficient (Wildman–Crippen LogP) is 4.21. The van der Waals surface area contributed by atoms with E-state index in [9.17, 15) is 14.4 Å². The van der Waals surface area contributed by atoms with E-state index in [4.69, 9.17) is 0 Å². The summed E-state index contributed by atoms with van der Waals surface area (Å²) >= 11 is 5.00. The molecule has 3 rings (SSSR count). The van der Waals surface area contributed by atoms with Gasteiger partial charge in [0.2, 0.25) is 5.91 Å². The number of amides is 3. The highest BCUT2D eigenvalue weighted by Gasteiger charge is 2.35. The van der Waals surface area contributed by atoms with Crippen LogP contribution in [-0.2, 0) is 11.3 Å². The number of carbonyl (C=O) groups excluding carboxylic acids is 3. The molecule has 0 aliphatic carbocycles. The Morgan fingerprint density at radius 3 is 2.43 bits per heavy atom. The van der Waals surface area contributed by atoms with E-state index < -0.39 is 0 Å². The van der Waals surface area contributed by atoms with Gasteiger partial charge in [0.25, 0.3) is 11.8 Å². The summed E-state index contributed by atoms with van der Waals surface area (Å²) in [5.41, 5.74) is 1.90. The minimum Gasteiger partial charge on any atom is -0.341 e. The highest BCUT2D eigenvalue weighted by Crippen LogP contribution is 2.26. The van der Waals surface area contributed by atoms with Gasteiger partial charge in [0.05, 0.1) is 11.1 Å². The molecule has 0 unspecified atom stereocenters. The number of halogens is 1. The maximum Gasteiger partial charge on any atom is 0.261 e. The third-order valence-electron chi connectivity index (χ3n) is 4.71. The molecule has 0 bridgehead atoms. The number of rotatable bonds is 7. The molecule has 146 valence electrons. The van der Waals surface area contributed by atoms with E-state index >= 15 is 0 Å². The van der Waals surface area contributed by atoms with Crippen LogP contribution in [0.2, 0.25) is 0 Å². The number of carbonyl (C=O) groups is 3. The van der Waals surface area contributed by atoms with Gasteiger partial charge in [-0.3, -0.25) is 19.3 Å². The quantitative estimate of drug-likeness (QED) is 0.458. The molecule has 1 aliphatic rings. The van der Waals surface area contributed by atoms with Gasteiger partial charge in [-0.2, -0.15) is 0 Å². The lowest BCUT2D eigenvalue weighted by molar-refractivity contribution is -0.130. The Bertz CT molecular complexity index is 914. The molecule has 0 atom stereocenters. The van der Waals surface area contributed by atoms with Crippen LogP contribution in [0.25, 0.3) is 0 Å². The summed E-state index contributed by atoms with van der Waals surface area (Å²) < 4.78 is 0.761. The van der Waals surface area contributed by atoms with E-state index in [1.54, 1.807) is 41.9 Å². The Kier molecular flexibility index (Phi) is 6.57. The van der Waals surface area contributed by atoms with Crippen molar-refractivity contribution in [3.8, 4) is 0 Å². The van der Waals surface area contributed by atoms with Crippen molar-refractivity contribution in [3.05, 3.63) is 63.6 Å². The molecule has 7 heteroatoms. The number of fused-ring (bicyclic) bond motifs is 1. The first-order valence-electron chi connectivity index (χ1n) is 8.93. The summed E-state index contributed by atoms with van der Waals surface area (Å²) in [7, 11) is 1.77. The molecular weight excluding hydrogens is 440 g/mol. The minimum absolute atomic E-state index is 0.00621. The fourth-order valence-electron chi connectivity index (χ4n) is 3.14. The standard InChI is InChI=1S/C21H21BrN2O3S/c1-23(13-14-5-8-16(28-2)9-6-14)19(25)4-3-11-24-20(26)17-10-7-15(22)12-18(17)21(24)27/h5-10,12H,3-4,11,13H2,1-2H3. The molecule has 0 N–H and O–H groups in total. The molecule has 3 amide bonds. The second-order valence-corrected chi connectivity index (χ2v) is 8.45. The highest BCUT2D eigenvalue weighted by atomic mass is 79.9. The van der Waals surface area contributed by atoms with E-state index in [0.29, 0.717) is 24.1 Å². The maximum atomic E-state index is 12.4. The molecule has 0 spiro atoms. The molecule has 28 heavy (non-hydrogen) atoms. The average Bonchev–Trinajstić information content (AvgIpc) is 2.92. The van der Waals surface area contributed by atoms with Crippen LogP contribution in [0.3, 0.4) is 0 Å². The van der Waals surface area contributed by atoms with Gasteiger partial charge in [0.1, 0.15) is 0 Å². The molecule has 1 heterocycles. The van der Waals surface area contributed by atoms with Gasteiger partial charge in [-0.25, -0.2) is 0 Å². The first kappa shape index (κ1) is 20.6. The lowest BCUT2D eigenvalue weighted by Crippen LogP contribution is -2.32. The van der Waals surface area contributed by atoms with E-state index in [0.717, 1.165) is 10.0 Å². The SMILES string of the molecule is CSc1ccc(CN(C)C(=O)CCCN2C(=O)c3ccc(Br)cc3C2=O)cc1. The van der Waals surface area contributed by atoms with E-state index in [1.165, 1.54) is 9.80 Å². The van der Waals surface area contributed by atoms with Crippen LogP contribution in [0.5, 0.6) is 0 Å². The molecule has 1 aliphatic heterocycles. The lowest BCUT2D eigenvalue weighted by atomic mass is 10.1. The predicted molar refractivity (Wildman–Crippen MR) is 113 cm³/mol. The molecule has 5 nitrogen and oxygen atoms in total. The topological polar surface area (TPSA) is 57.7 Å². The third kappa shape index (κ3) is 4.47. The second-order valence-electron chi connectivity index (χ2n) is 6.65. The third-order valence-corrected chi connectivity index (χ3v) is 5.95. The second kappa shape index (κ2) is 8.92. The number of thioether (sulfide) groups is 1. The summed E-state index contributed by atoms with van der Waals surface area (Å²) in [6, 6.07) is 13.2. The van der Waals surface area contributed by atoms with Crippen LogP contribution < -0.4 is 0 Å². The van der Waals surface area contributed by atoms with Gasteiger partial charge in [0.15, 0.2) is 0 Å². The van der Waals surface area contributed by atoms with E-state index in [2.05, 4.69) is 15.9 Å². The number of hydrogen-bond donors (Lipinski definition) is 0. The smallest absolute Gasteiger partial charge is 0.261 e. The van der Waals surface area contributed by atoms with Crippen LogP contribution in [0.4, 0.5) is 0 Å². The van der Waals surface area contributed by atoms with Crippen molar-refractivity contribution in [1.29, 1.82) is 0 Å². The number of hydrogen-bond acceptors (Lipinski definition) is 4. The van der Waals surface area contributed by atoms with Crippen molar-refractivity contribution in [2.45, 2.75) is 24.3 Å². The summed E-state index contributed by atoms with van der Waals surface area (Å²) in [6.07, 6.45) is 2.76. The number of nitrogens with zero attached hydrogens (tertiary/aromatic N) is 2. The van der Waals surface area contributed by atoms with Gasteiger partial charge in [0, 0.05) is 35.9 Å². The van der Waals surface area contributed by atoms with E-state index in [1.807, 2.05) is 30.5 Å². The summed E-state index contributed by atoms with van der Waals surface area (Å²) in [4.78, 5) is 41.3. The Balaban J connectivity index is 1.51. The zero-order valence-electron chi connectivity index (χ0n) is 15.8.